The van der Waals surface area contributed by atoms with Crippen LogP contribution in [-0.4, -0.2) is 25.9 Å². The van der Waals surface area contributed by atoms with Gasteiger partial charge in [-0.2, -0.15) is 10.2 Å². The highest BCUT2D eigenvalue weighted by atomic mass is 16.1. The van der Waals surface area contributed by atoms with Crippen LogP contribution in [-0.2, 0) is 6.54 Å². The molecule has 124 valence electrons. The third-order valence-electron chi connectivity index (χ3n) is 4.05. The number of fused-ring (bicyclic) bond motifs is 1. The van der Waals surface area contributed by atoms with Crippen LogP contribution < -0.4 is 11.3 Å². The fourth-order valence-corrected chi connectivity index (χ4v) is 2.91. The van der Waals surface area contributed by atoms with Crippen LogP contribution in [0.25, 0.3) is 28.0 Å². The Morgan fingerprint density at radius 1 is 0.920 bits per heavy atom. The third-order valence-corrected chi connectivity index (χ3v) is 4.05. The summed E-state index contributed by atoms with van der Waals surface area (Å²) in [7, 11) is 0. The van der Waals surface area contributed by atoms with Crippen LogP contribution >= 0.6 is 0 Å². The van der Waals surface area contributed by atoms with E-state index in [9.17, 15) is 4.79 Å². The van der Waals surface area contributed by atoms with E-state index in [-0.39, 0.29) is 5.56 Å². The van der Waals surface area contributed by atoms with Crippen molar-refractivity contribution in [3.8, 4) is 22.5 Å². The number of nitrogens with zero attached hydrogens (tertiary/aromatic N) is 4. The highest BCUT2D eigenvalue weighted by Gasteiger charge is 2.17. The Hall–Kier alpha value is -3.25. The summed E-state index contributed by atoms with van der Waals surface area (Å²) < 4.78 is 3.23. The van der Waals surface area contributed by atoms with Crippen molar-refractivity contribution < 1.29 is 0 Å². The fourth-order valence-electron chi connectivity index (χ4n) is 2.91. The molecule has 4 aromatic rings. The maximum Gasteiger partial charge on any atom is 0.266 e. The number of rotatable bonds is 4. The van der Waals surface area contributed by atoms with Gasteiger partial charge in [0.2, 0.25) is 0 Å². The third kappa shape index (κ3) is 2.72. The molecule has 6 nitrogen and oxygen atoms in total. The predicted molar refractivity (Wildman–Crippen MR) is 97.2 cm³/mol. The quantitative estimate of drug-likeness (QED) is 0.622. The molecule has 6 heteroatoms. The number of hydrogen-bond donors (Lipinski definition) is 1. The molecule has 0 radical (unpaired) electrons. The Bertz CT molecular complexity index is 1080. The minimum Gasteiger partial charge on any atom is -0.329 e. The van der Waals surface area contributed by atoms with Crippen molar-refractivity contribution >= 4 is 5.52 Å². The molecular formula is C19H17N5O. The minimum atomic E-state index is -0.160. The number of benzene rings is 1. The Balaban J connectivity index is 2.01. The predicted octanol–water partition coefficient (Wildman–Crippen LogP) is 2.18. The normalized spacial score (nSPS) is 11.1. The molecule has 25 heavy (non-hydrogen) atoms. The van der Waals surface area contributed by atoms with Crippen molar-refractivity contribution in [2.24, 2.45) is 5.73 Å². The monoisotopic (exact) mass is 331 g/mol. The molecule has 0 saturated heterocycles. The van der Waals surface area contributed by atoms with Gasteiger partial charge >= 0.3 is 0 Å². The average Bonchev–Trinajstić information content (AvgIpc) is 3.04. The van der Waals surface area contributed by atoms with Crippen LogP contribution in [0.2, 0.25) is 0 Å². The number of nitrogens with two attached hydrogens (primary N) is 1. The summed E-state index contributed by atoms with van der Waals surface area (Å²) >= 11 is 0. The van der Waals surface area contributed by atoms with Gasteiger partial charge in [0, 0.05) is 24.4 Å². The fraction of sp³-hybridized carbons (Fsp3) is 0.105. The minimum absolute atomic E-state index is 0.160. The zero-order valence-corrected chi connectivity index (χ0v) is 13.5. The van der Waals surface area contributed by atoms with Gasteiger partial charge in [0.15, 0.2) is 0 Å². The molecule has 0 bridgehead atoms. The SMILES string of the molecule is NCCn1nc(-c2c(-c3ccccc3)nn3ccccc23)ccc1=O. The van der Waals surface area contributed by atoms with E-state index in [1.54, 1.807) is 6.07 Å². The van der Waals surface area contributed by atoms with Crippen molar-refractivity contribution in [3.05, 3.63) is 77.2 Å². The summed E-state index contributed by atoms with van der Waals surface area (Å²) in [5.41, 5.74) is 9.80. The molecule has 0 unspecified atom stereocenters. The van der Waals surface area contributed by atoms with Crippen molar-refractivity contribution in [3.63, 3.8) is 0 Å². The average molecular weight is 331 g/mol. The van der Waals surface area contributed by atoms with E-state index >= 15 is 0 Å². The van der Waals surface area contributed by atoms with Gasteiger partial charge in [0.25, 0.3) is 5.56 Å². The maximum absolute atomic E-state index is 12.0. The van der Waals surface area contributed by atoms with Crippen molar-refractivity contribution in [1.82, 2.24) is 19.4 Å². The molecule has 0 atom stereocenters. The molecule has 0 fully saturated rings. The lowest BCUT2D eigenvalue weighted by atomic mass is 10.0. The van der Waals surface area contributed by atoms with Gasteiger partial charge in [-0.1, -0.05) is 36.4 Å². The van der Waals surface area contributed by atoms with E-state index in [0.717, 1.165) is 22.3 Å². The summed E-state index contributed by atoms with van der Waals surface area (Å²) in [6.45, 7) is 0.739. The van der Waals surface area contributed by atoms with Gasteiger partial charge in [-0.3, -0.25) is 4.79 Å². The van der Waals surface area contributed by atoms with Crippen molar-refractivity contribution in [2.75, 3.05) is 6.54 Å². The Morgan fingerprint density at radius 3 is 2.52 bits per heavy atom. The molecule has 0 aliphatic heterocycles. The van der Waals surface area contributed by atoms with Crippen LogP contribution in [0.1, 0.15) is 0 Å². The van der Waals surface area contributed by atoms with Crippen LogP contribution in [0.4, 0.5) is 0 Å². The molecule has 3 heterocycles. The first kappa shape index (κ1) is 15.3. The van der Waals surface area contributed by atoms with Gasteiger partial charge < -0.3 is 5.73 Å². The van der Waals surface area contributed by atoms with E-state index in [0.29, 0.717) is 18.8 Å². The molecule has 0 saturated carbocycles. The topological polar surface area (TPSA) is 78.2 Å². The molecule has 0 aliphatic rings. The van der Waals surface area contributed by atoms with Crippen molar-refractivity contribution in [1.29, 1.82) is 0 Å². The molecule has 4 rings (SSSR count). The highest BCUT2D eigenvalue weighted by molar-refractivity contribution is 5.90. The molecule has 1 aromatic carbocycles. The molecule has 2 N–H and O–H groups in total. The molecular weight excluding hydrogens is 314 g/mol. The Morgan fingerprint density at radius 2 is 1.72 bits per heavy atom. The second kappa shape index (κ2) is 6.33. The number of hydrogen-bond acceptors (Lipinski definition) is 4. The smallest absolute Gasteiger partial charge is 0.266 e. The maximum atomic E-state index is 12.0. The molecule has 0 spiro atoms. The van der Waals surface area contributed by atoms with Gasteiger partial charge in [0.05, 0.1) is 23.3 Å². The molecule has 0 aliphatic carbocycles. The van der Waals surface area contributed by atoms with E-state index in [1.165, 1.54) is 10.7 Å². The summed E-state index contributed by atoms with van der Waals surface area (Å²) in [5, 5.41) is 9.23. The van der Waals surface area contributed by atoms with Gasteiger partial charge in [-0.15, -0.1) is 0 Å². The first-order chi connectivity index (χ1) is 12.3. The Labute approximate surface area is 144 Å². The second-order valence-corrected chi connectivity index (χ2v) is 5.69. The van der Waals surface area contributed by atoms with E-state index in [1.807, 2.05) is 59.2 Å². The zero-order valence-electron chi connectivity index (χ0n) is 13.5. The number of pyridine rings is 1. The summed E-state index contributed by atoms with van der Waals surface area (Å²) in [6.07, 6.45) is 1.90. The standard InChI is InChI=1S/C19H17N5O/c20-11-13-24-17(25)10-9-15(21-24)18-16-8-4-5-12-23(16)22-19(18)14-6-2-1-3-7-14/h1-10,12H,11,13,20H2. The molecule has 0 amide bonds. The second-order valence-electron chi connectivity index (χ2n) is 5.69. The first-order valence-electron chi connectivity index (χ1n) is 8.09. The summed E-state index contributed by atoms with van der Waals surface area (Å²) in [4.78, 5) is 12.0. The zero-order chi connectivity index (χ0) is 17.2. The summed E-state index contributed by atoms with van der Waals surface area (Å²) in [5.74, 6) is 0. The van der Waals surface area contributed by atoms with Crippen LogP contribution in [0, 0.1) is 0 Å². The van der Waals surface area contributed by atoms with Crippen LogP contribution in [0.5, 0.6) is 0 Å². The van der Waals surface area contributed by atoms with Crippen LogP contribution in [0.3, 0.4) is 0 Å². The van der Waals surface area contributed by atoms with Gasteiger partial charge in [-0.25, -0.2) is 9.20 Å². The first-order valence-corrected chi connectivity index (χ1v) is 8.09. The number of aromatic nitrogens is 4. The lowest BCUT2D eigenvalue weighted by Gasteiger charge is -2.07. The molecule has 3 aromatic heterocycles. The van der Waals surface area contributed by atoms with Crippen LogP contribution in [0.15, 0.2) is 71.7 Å². The lowest BCUT2D eigenvalue weighted by Crippen LogP contribution is -2.25. The Kier molecular flexibility index (Phi) is 3.87. The lowest BCUT2D eigenvalue weighted by molar-refractivity contribution is 0.590. The summed E-state index contributed by atoms with van der Waals surface area (Å²) in [6, 6.07) is 19.1. The van der Waals surface area contributed by atoms with E-state index < -0.39 is 0 Å². The van der Waals surface area contributed by atoms with E-state index in [4.69, 9.17) is 10.8 Å². The van der Waals surface area contributed by atoms with Gasteiger partial charge in [0.1, 0.15) is 5.69 Å². The largest absolute Gasteiger partial charge is 0.329 e. The van der Waals surface area contributed by atoms with Crippen molar-refractivity contribution in [2.45, 2.75) is 6.54 Å². The van der Waals surface area contributed by atoms with E-state index in [2.05, 4.69) is 5.10 Å². The van der Waals surface area contributed by atoms with Gasteiger partial charge in [-0.05, 0) is 18.2 Å². The highest BCUT2D eigenvalue weighted by Crippen LogP contribution is 2.33.